The molecule has 1 unspecified atom stereocenters. The van der Waals surface area contributed by atoms with Crippen LogP contribution in [-0.2, 0) is 0 Å². The van der Waals surface area contributed by atoms with E-state index in [0.717, 1.165) is 67.6 Å². The third-order valence-corrected chi connectivity index (χ3v) is 6.80. The first kappa shape index (κ1) is 19.3. The molecule has 5 heterocycles. The summed E-state index contributed by atoms with van der Waals surface area (Å²) in [6.45, 7) is 5.17. The van der Waals surface area contributed by atoms with Gasteiger partial charge in [-0.15, -0.1) is 11.3 Å². The Hall–Kier alpha value is -2.65. The van der Waals surface area contributed by atoms with E-state index in [1.54, 1.807) is 0 Å². The largest absolute Gasteiger partial charge is 0.393 e. The molecule has 3 aromatic heterocycles. The minimum atomic E-state index is -0.217. The summed E-state index contributed by atoms with van der Waals surface area (Å²) in [4.78, 5) is 26.4. The van der Waals surface area contributed by atoms with Gasteiger partial charge in [-0.1, -0.05) is 0 Å². The zero-order chi connectivity index (χ0) is 20.7. The molecule has 9 heteroatoms. The summed E-state index contributed by atoms with van der Waals surface area (Å²) in [6, 6.07) is 4.17. The number of carbonyl (C=O) groups is 1. The molecule has 0 saturated carbocycles. The zero-order valence-electron chi connectivity index (χ0n) is 17.0. The molecule has 2 N–H and O–H groups in total. The number of piperidine rings is 1. The number of aliphatic hydroxyl groups excluding tert-OH is 1. The maximum atomic E-state index is 12.8. The van der Waals surface area contributed by atoms with Crippen LogP contribution in [0, 0.1) is 6.92 Å². The lowest BCUT2D eigenvalue weighted by Gasteiger charge is -2.29. The first-order valence-electron chi connectivity index (χ1n) is 10.5. The van der Waals surface area contributed by atoms with Crippen LogP contribution < -0.4 is 15.1 Å². The fourth-order valence-electron chi connectivity index (χ4n) is 4.28. The van der Waals surface area contributed by atoms with Crippen LogP contribution in [0.5, 0.6) is 0 Å². The molecular weight excluding hydrogens is 400 g/mol. The number of aliphatic hydroxyl groups is 1. The topological polar surface area (TPSA) is 86.0 Å². The Kier molecular flexibility index (Phi) is 5.08. The average molecular weight is 427 g/mol. The molecule has 5 rings (SSSR count). The number of rotatable bonds is 4. The van der Waals surface area contributed by atoms with Gasteiger partial charge in [0.25, 0.3) is 5.91 Å². The maximum absolute atomic E-state index is 12.8. The normalized spacial score (nSPS) is 20.3. The standard InChI is InChI=1S/C21H26N6O2S/c1-14-11-26-7-2-3-18(26)19(22-14)27-8-4-15(12-27)23-20(29)17-13-30-21(24-17)25-9-5-16(28)6-10-25/h2-3,7,11,13,15-16,28H,4-6,8-10,12H2,1H3,(H,23,29). The van der Waals surface area contributed by atoms with Crippen molar-refractivity contribution in [3.8, 4) is 0 Å². The van der Waals surface area contributed by atoms with Gasteiger partial charge in [0, 0.05) is 50.0 Å². The van der Waals surface area contributed by atoms with Crippen LogP contribution in [0.4, 0.5) is 10.9 Å². The zero-order valence-corrected chi connectivity index (χ0v) is 17.8. The molecule has 2 saturated heterocycles. The second-order valence-corrected chi connectivity index (χ2v) is 8.98. The Morgan fingerprint density at radius 2 is 2.00 bits per heavy atom. The van der Waals surface area contributed by atoms with Crippen LogP contribution >= 0.6 is 11.3 Å². The Bertz CT molecular complexity index is 1050. The van der Waals surface area contributed by atoms with E-state index in [9.17, 15) is 9.90 Å². The molecule has 0 radical (unpaired) electrons. The van der Waals surface area contributed by atoms with E-state index in [1.165, 1.54) is 11.3 Å². The Morgan fingerprint density at radius 3 is 2.83 bits per heavy atom. The van der Waals surface area contributed by atoms with Crippen molar-refractivity contribution in [1.29, 1.82) is 0 Å². The van der Waals surface area contributed by atoms with E-state index in [1.807, 2.05) is 30.8 Å². The van der Waals surface area contributed by atoms with Crippen LogP contribution in [0.3, 0.4) is 0 Å². The highest BCUT2D eigenvalue weighted by molar-refractivity contribution is 7.13. The molecule has 2 aliphatic heterocycles. The third-order valence-electron chi connectivity index (χ3n) is 5.90. The number of amides is 1. The van der Waals surface area contributed by atoms with Crippen molar-refractivity contribution in [1.82, 2.24) is 19.7 Å². The second-order valence-electron chi connectivity index (χ2n) is 8.15. The van der Waals surface area contributed by atoms with Crippen LogP contribution in [0.2, 0.25) is 0 Å². The van der Waals surface area contributed by atoms with E-state index in [-0.39, 0.29) is 18.1 Å². The Balaban J connectivity index is 1.23. The van der Waals surface area contributed by atoms with Crippen molar-refractivity contribution in [2.75, 3.05) is 36.0 Å². The van der Waals surface area contributed by atoms with E-state index in [4.69, 9.17) is 4.98 Å². The van der Waals surface area contributed by atoms with Crippen molar-refractivity contribution in [2.45, 2.75) is 38.3 Å². The van der Waals surface area contributed by atoms with Crippen LogP contribution in [-0.4, -0.2) is 63.7 Å². The number of hydrogen-bond donors (Lipinski definition) is 2. The maximum Gasteiger partial charge on any atom is 0.271 e. The highest BCUT2D eigenvalue weighted by Gasteiger charge is 2.28. The van der Waals surface area contributed by atoms with E-state index < -0.39 is 0 Å². The summed E-state index contributed by atoms with van der Waals surface area (Å²) in [5, 5.41) is 15.5. The van der Waals surface area contributed by atoms with Crippen molar-refractivity contribution >= 4 is 33.7 Å². The Labute approximate surface area is 179 Å². The molecule has 1 amide bonds. The minimum absolute atomic E-state index is 0.0742. The van der Waals surface area contributed by atoms with Gasteiger partial charge in [-0.3, -0.25) is 4.79 Å². The lowest BCUT2D eigenvalue weighted by atomic mass is 10.1. The van der Waals surface area contributed by atoms with Crippen molar-refractivity contribution in [3.05, 3.63) is 41.3 Å². The van der Waals surface area contributed by atoms with Crippen molar-refractivity contribution in [3.63, 3.8) is 0 Å². The highest BCUT2D eigenvalue weighted by atomic mass is 32.1. The quantitative estimate of drug-likeness (QED) is 0.664. The molecule has 0 spiro atoms. The molecule has 2 aliphatic rings. The fraction of sp³-hybridized carbons (Fsp3) is 0.476. The van der Waals surface area contributed by atoms with E-state index in [2.05, 4.69) is 30.6 Å². The average Bonchev–Trinajstić information content (AvgIpc) is 3.48. The molecule has 0 aliphatic carbocycles. The summed E-state index contributed by atoms with van der Waals surface area (Å²) >= 11 is 1.49. The Morgan fingerprint density at radius 1 is 1.20 bits per heavy atom. The van der Waals surface area contributed by atoms with Gasteiger partial charge in [0.2, 0.25) is 0 Å². The number of aromatic nitrogens is 3. The van der Waals surface area contributed by atoms with Crippen molar-refractivity contribution in [2.24, 2.45) is 0 Å². The molecule has 1 atom stereocenters. The van der Waals surface area contributed by atoms with Gasteiger partial charge in [-0.05, 0) is 38.3 Å². The number of aryl methyl sites for hydroxylation is 1. The number of fused-ring (bicyclic) bond motifs is 1. The first-order chi connectivity index (χ1) is 14.6. The molecule has 30 heavy (non-hydrogen) atoms. The lowest BCUT2D eigenvalue weighted by Crippen LogP contribution is -2.38. The number of thiazole rings is 1. The monoisotopic (exact) mass is 426 g/mol. The smallest absolute Gasteiger partial charge is 0.271 e. The minimum Gasteiger partial charge on any atom is -0.393 e. The number of carbonyl (C=O) groups excluding carboxylic acids is 1. The second kappa shape index (κ2) is 7.88. The number of hydrogen-bond acceptors (Lipinski definition) is 7. The predicted octanol–water partition coefficient (Wildman–Crippen LogP) is 2.07. The molecule has 8 nitrogen and oxygen atoms in total. The number of anilines is 2. The van der Waals surface area contributed by atoms with Gasteiger partial charge in [-0.2, -0.15) is 0 Å². The first-order valence-corrected chi connectivity index (χ1v) is 11.3. The van der Waals surface area contributed by atoms with Crippen molar-refractivity contribution < 1.29 is 9.90 Å². The number of nitrogens with zero attached hydrogens (tertiary/aromatic N) is 5. The SMILES string of the molecule is Cc1cn2cccc2c(N2CCC(NC(=O)c3csc(N4CCC(O)CC4)n3)C2)n1. The molecular formula is C21H26N6O2S. The van der Waals surface area contributed by atoms with Crippen LogP contribution in [0.15, 0.2) is 29.9 Å². The highest BCUT2D eigenvalue weighted by Crippen LogP contribution is 2.26. The van der Waals surface area contributed by atoms with Gasteiger partial charge < -0.3 is 24.6 Å². The molecule has 0 bridgehead atoms. The summed E-state index contributed by atoms with van der Waals surface area (Å²) in [5.74, 6) is 0.853. The molecule has 3 aromatic rings. The third kappa shape index (κ3) is 3.75. The van der Waals surface area contributed by atoms with Gasteiger partial charge in [0.05, 0.1) is 17.3 Å². The van der Waals surface area contributed by atoms with E-state index >= 15 is 0 Å². The summed E-state index contributed by atoms with van der Waals surface area (Å²) in [6.07, 6.45) is 6.23. The summed E-state index contributed by atoms with van der Waals surface area (Å²) < 4.78 is 2.10. The lowest BCUT2D eigenvalue weighted by molar-refractivity contribution is 0.0936. The molecule has 0 aromatic carbocycles. The predicted molar refractivity (Wildman–Crippen MR) is 118 cm³/mol. The van der Waals surface area contributed by atoms with Crippen LogP contribution in [0.1, 0.15) is 35.4 Å². The van der Waals surface area contributed by atoms with E-state index in [0.29, 0.717) is 5.69 Å². The summed E-state index contributed by atoms with van der Waals surface area (Å²) in [7, 11) is 0. The van der Waals surface area contributed by atoms with Gasteiger partial charge in [0.15, 0.2) is 10.9 Å². The summed E-state index contributed by atoms with van der Waals surface area (Å²) in [5.41, 5.74) is 2.53. The molecule has 2 fully saturated rings. The van der Waals surface area contributed by atoms with Gasteiger partial charge >= 0.3 is 0 Å². The molecule has 158 valence electrons. The van der Waals surface area contributed by atoms with Gasteiger partial charge in [0.1, 0.15) is 5.69 Å². The number of nitrogens with one attached hydrogen (secondary N) is 1. The van der Waals surface area contributed by atoms with Gasteiger partial charge in [-0.25, -0.2) is 9.97 Å². The fourth-order valence-corrected chi connectivity index (χ4v) is 5.14. The van der Waals surface area contributed by atoms with Crippen LogP contribution in [0.25, 0.3) is 5.52 Å².